The van der Waals surface area contributed by atoms with Crippen LogP contribution in [0, 0.1) is 0 Å². The second-order valence-electron chi connectivity index (χ2n) is 7.23. The molecule has 7 nitrogen and oxygen atoms in total. The van der Waals surface area contributed by atoms with Crippen LogP contribution < -0.4 is 10.1 Å². The van der Waals surface area contributed by atoms with Crippen molar-refractivity contribution in [2.45, 2.75) is 13.1 Å². The van der Waals surface area contributed by atoms with Crippen molar-refractivity contribution in [1.82, 2.24) is 24.1 Å². The number of ether oxygens (including phenoxy) is 1. The topological polar surface area (TPSA) is 69.3 Å². The maximum Gasteiger partial charge on any atom is 0.180 e. The minimum Gasteiger partial charge on any atom is -0.497 e. The Morgan fingerprint density at radius 1 is 0.935 bits per heavy atom. The summed E-state index contributed by atoms with van der Waals surface area (Å²) in [4.78, 5) is 9.15. The van der Waals surface area contributed by atoms with Gasteiger partial charge in [-0.05, 0) is 23.3 Å². The van der Waals surface area contributed by atoms with Gasteiger partial charge in [-0.3, -0.25) is 9.08 Å². The third kappa shape index (κ3) is 3.98. The molecular weight excluding hydrogens is 388 g/mol. The smallest absolute Gasteiger partial charge is 0.180 e. The third-order valence-electron chi connectivity index (χ3n) is 5.16. The molecule has 5 aromatic rings. The van der Waals surface area contributed by atoms with Crippen LogP contribution in [-0.4, -0.2) is 31.3 Å². The molecule has 0 spiro atoms. The number of aromatic nitrogens is 5. The van der Waals surface area contributed by atoms with Crippen molar-refractivity contribution in [3.63, 3.8) is 0 Å². The van der Waals surface area contributed by atoms with Gasteiger partial charge in [0.15, 0.2) is 11.5 Å². The van der Waals surface area contributed by atoms with Crippen molar-refractivity contribution in [1.29, 1.82) is 0 Å². The van der Waals surface area contributed by atoms with Crippen molar-refractivity contribution in [3.05, 3.63) is 96.7 Å². The maximum absolute atomic E-state index is 5.22. The Bertz CT molecular complexity index is 1290. The van der Waals surface area contributed by atoms with Crippen LogP contribution in [0.3, 0.4) is 0 Å². The summed E-state index contributed by atoms with van der Waals surface area (Å²) in [5.74, 6) is 1.58. The van der Waals surface area contributed by atoms with Gasteiger partial charge in [0.25, 0.3) is 0 Å². The minimum absolute atomic E-state index is 0.647. The lowest BCUT2D eigenvalue weighted by Crippen LogP contribution is -2.05. The summed E-state index contributed by atoms with van der Waals surface area (Å²) in [7, 11) is 1.67. The van der Waals surface area contributed by atoms with E-state index in [0.717, 1.165) is 40.6 Å². The van der Waals surface area contributed by atoms with Crippen molar-refractivity contribution in [2.24, 2.45) is 0 Å². The second-order valence-corrected chi connectivity index (χ2v) is 7.23. The van der Waals surface area contributed by atoms with Gasteiger partial charge in [-0.25, -0.2) is 9.97 Å². The Morgan fingerprint density at radius 2 is 1.77 bits per heavy atom. The largest absolute Gasteiger partial charge is 0.497 e. The van der Waals surface area contributed by atoms with Crippen LogP contribution in [0.25, 0.3) is 16.9 Å². The summed E-state index contributed by atoms with van der Waals surface area (Å²) in [6.45, 7) is 1.37. The quantitative estimate of drug-likeness (QED) is 0.434. The van der Waals surface area contributed by atoms with E-state index in [1.807, 2.05) is 76.3 Å². The summed E-state index contributed by atoms with van der Waals surface area (Å²) in [5, 5.41) is 7.91. The molecule has 0 saturated carbocycles. The van der Waals surface area contributed by atoms with Crippen molar-refractivity contribution < 1.29 is 4.74 Å². The van der Waals surface area contributed by atoms with Crippen LogP contribution in [0.4, 0.5) is 5.82 Å². The van der Waals surface area contributed by atoms with Gasteiger partial charge >= 0.3 is 0 Å². The SMILES string of the molecule is COc1ccc(CNc2ncc(-c3cnn(Cc4ccccc4)c3)n3ccnc23)cc1. The van der Waals surface area contributed by atoms with Crippen LogP contribution in [0.2, 0.25) is 0 Å². The fraction of sp³-hybridized carbons (Fsp3) is 0.125. The van der Waals surface area contributed by atoms with E-state index >= 15 is 0 Å². The molecule has 0 atom stereocenters. The third-order valence-corrected chi connectivity index (χ3v) is 5.16. The Morgan fingerprint density at radius 3 is 2.58 bits per heavy atom. The number of nitrogens with one attached hydrogen (secondary N) is 1. The zero-order valence-corrected chi connectivity index (χ0v) is 17.1. The maximum atomic E-state index is 5.22. The highest BCUT2D eigenvalue weighted by atomic mass is 16.5. The number of methoxy groups -OCH3 is 1. The average molecular weight is 410 g/mol. The molecule has 0 aliphatic heterocycles. The molecular formula is C24H22N6O. The first-order valence-electron chi connectivity index (χ1n) is 10.1. The molecule has 0 aliphatic rings. The van der Waals surface area contributed by atoms with E-state index in [9.17, 15) is 0 Å². The number of benzene rings is 2. The van der Waals surface area contributed by atoms with Crippen LogP contribution in [0.5, 0.6) is 5.75 Å². The molecule has 2 aromatic carbocycles. The number of fused-ring (bicyclic) bond motifs is 1. The molecule has 154 valence electrons. The number of hydrogen-bond acceptors (Lipinski definition) is 5. The zero-order valence-electron chi connectivity index (χ0n) is 17.1. The van der Waals surface area contributed by atoms with Gasteiger partial charge in [0, 0.05) is 30.7 Å². The normalized spacial score (nSPS) is 11.0. The minimum atomic E-state index is 0.647. The molecule has 5 rings (SSSR count). The molecule has 1 N–H and O–H groups in total. The van der Waals surface area contributed by atoms with Gasteiger partial charge in [-0.2, -0.15) is 5.10 Å². The predicted octanol–water partition coefficient (Wildman–Crippen LogP) is 4.26. The first kappa shape index (κ1) is 18.9. The highest BCUT2D eigenvalue weighted by molar-refractivity contribution is 5.69. The summed E-state index contributed by atoms with van der Waals surface area (Å²) in [6.07, 6.45) is 9.49. The average Bonchev–Trinajstić information content (AvgIpc) is 3.49. The van der Waals surface area contributed by atoms with Gasteiger partial charge in [0.1, 0.15) is 5.75 Å². The Balaban J connectivity index is 1.37. The summed E-state index contributed by atoms with van der Waals surface area (Å²) in [5.41, 5.74) is 5.07. The highest BCUT2D eigenvalue weighted by Gasteiger charge is 2.12. The van der Waals surface area contributed by atoms with Crippen LogP contribution in [0.15, 0.2) is 85.6 Å². The molecule has 3 aromatic heterocycles. The van der Waals surface area contributed by atoms with E-state index in [-0.39, 0.29) is 0 Å². The first-order valence-corrected chi connectivity index (χ1v) is 10.1. The van der Waals surface area contributed by atoms with Crippen molar-refractivity contribution in [3.8, 4) is 17.0 Å². The van der Waals surface area contributed by atoms with Crippen molar-refractivity contribution >= 4 is 11.5 Å². The molecule has 0 fully saturated rings. The Labute approximate surface area is 180 Å². The summed E-state index contributed by atoms with van der Waals surface area (Å²) < 4.78 is 9.19. The lowest BCUT2D eigenvalue weighted by Gasteiger charge is -2.10. The molecule has 0 bridgehead atoms. The fourth-order valence-electron chi connectivity index (χ4n) is 3.54. The number of nitrogens with zero attached hydrogens (tertiary/aromatic N) is 5. The fourth-order valence-corrected chi connectivity index (χ4v) is 3.54. The summed E-state index contributed by atoms with van der Waals surface area (Å²) >= 11 is 0. The molecule has 3 heterocycles. The molecule has 31 heavy (non-hydrogen) atoms. The van der Waals surface area contributed by atoms with Crippen LogP contribution in [0.1, 0.15) is 11.1 Å². The second kappa shape index (κ2) is 8.31. The lowest BCUT2D eigenvalue weighted by molar-refractivity contribution is 0.414. The molecule has 0 unspecified atom stereocenters. The van der Waals surface area contributed by atoms with Gasteiger partial charge in [0.2, 0.25) is 0 Å². The number of imidazole rings is 1. The van der Waals surface area contributed by atoms with E-state index in [2.05, 4.69) is 32.5 Å². The first-order chi connectivity index (χ1) is 15.3. The van der Waals surface area contributed by atoms with E-state index in [1.54, 1.807) is 13.3 Å². The van der Waals surface area contributed by atoms with Crippen molar-refractivity contribution in [2.75, 3.05) is 12.4 Å². The molecule has 0 aliphatic carbocycles. The number of hydrogen-bond donors (Lipinski definition) is 1. The van der Waals surface area contributed by atoms with Gasteiger partial charge in [-0.1, -0.05) is 42.5 Å². The molecule has 0 amide bonds. The Kier molecular flexibility index (Phi) is 5.06. The van der Waals surface area contributed by atoms with Gasteiger partial charge in [-0.15, -0.1) is 0 Å². The lowest BCUT2D eigenvalue weighted by atomic mass is 10.2. The van der Waals surface area contributed by atoms with Crippen LogP contribution >= 0.6 is 0 Å². The monoisotopic (exact) mass is 410 g/mol. The van der Waals surface area contributed by atoms with Gasteiger partial charge < -0.3 is 10.1 Å². The standard InChI is InChI=1S/C24H22N6O/c1-31-21-9-7-18(8-10-21)13-26-23-24-25-11-12-30(24)22(15-27-23)20-14-28-29(17-20)16-19-5-3-2-4-6-19/h2-12,14-15,17H,13,16H2,1H3,(H,26,27). The Hall–Kier alpha value is -4.13. The van der Waals surface area contributed by atoms with E-state index in [0.29, 0.717) is 6.54 Å². The molecule has 7 heteroatoms. The van der Waals surface area contributed by atoms with Gasteiger partial charge in [0.05, 0.1) is 31.7 Å². The van der Waals surface area contributed by atoms with E-state index in [4.69, 9.17) is 4.74 Å². The van der Waals surface area contributed by atoms with E-state index in [1.165, 1.54) is 5.56 Å². The highest BCUT2D eigenvalue weighted by Crippen LogP contribution is 2.23. The summed E-state index contributed by atoms with van der Waals surface area (Å²) in [6, 6.07) is 18.3. The molecule has 0 radical (unpaired) electrons. The number of anilines is 1. The van der Waals surface area contributed by atoms with Crippen LogP contribution in [-0.2, 0) is 13.1 Å². The molecule has 0 saturated heterocycles. The predicted molar refractivity (Wildman–Crippen MR) is 120 cm³/mol. The van der Waals surface area contributed by atoms with E-state index < -0.39 is 0 Å². The number of rotatable bonds is 7. The zero-order chi connectivity index (χ0) is 21.0.